The Kier molecular flexibility index (Phi) is 7.79. The minimum Gasteiger partial charge on any atom is -0.459 e. The molecule has 0 radical (unpaired) electrons. The number of carbonyl (C=O) groups excluding carboxylic acids is 1. The number of benzene rings is 2. The van der Waals surface area contributed by atoms with Gasteiger partial charge in [-0.15, -0.1) is 0 Å². The van der Waals surface area contributed by atoms with Crippen LogP contribution in [0.15, 0.2) is 96.1 Å². The average Bonchev–Trinajstić information content (AvgIpc) is 3.47. The van der Waals surface area contributed by atoms with E-state index in [1.165, 1.54) is 34.5 Å². The summed E-state index contributed by atoms with van der Waals surface area (Å²) in [5.74, 6) is -0.180. The molecule has 1 aliphatic rings. The molecule has 0 fully saturated rings. The molecule has 9 nitrogen and oxygen atoms in total. The van der Waals surface area contributed by atoms with Gasteiger partial charge in [-0.2, -0.15) is 0 Å². The molecule has 0 aliphatic carbocycles. The number of nitrogens with zero attached hydrogens (tertiary/aromatic N) is 3. The van der Waals surface area contributed by atoms with E-state index in [4.69, 9.17) is 20.8 Å². The number of furan rings is 1. The molecule has 0 bridgehead atoms. The lowest BCUT2D eigenvalue weighted by Gasteiger charge is -2.25. The molecule has 0 amide bonds. The summed E-state index contributed by atoms with van der Waals surface area (Å²) in [6, 6.07) is 15.8. The van der Waals surface area contributed by atoms with Gasteiger partial charge in [0.05, 0.1) is 32.9 Å². The minimum atomic E-state index is -0.961. The number of hydrogen-bond acceptors (Lipinski definition) is 9. The van der Waals surface area contributed by atoms with Gasteiger partial charge in [0, 0.05) is 28.1 Å². The van der Waals surface area contributed by atoms with Crippen molar-refractivity contribution in [1.29, 1.82) is 0 Å². The van der Waals surface area contributed by atoms with E-state index < -0.39 is 28.6 Å². The lowest BCUT2D eigenvalue weighted by atomic mass is 9.95. The summed E-state index contributed by atoms with van der Waals surface area (Å²) in [5, 5.41) is 12.8. The number of aromatic nitrogens is 1. The van der Waals surface area contributed by atoms with Crippen LogP contribution in [0.25, 0.3) is 6.08 Å². The van der Waals surface area contributed by atoms with Crippen molar-refractivity contribution in [2.24, 2.45) is 4.99 Å². The first-order valence-corrected chi connectivity index (χ1v) is 14.1. The maximum atomic E-state index is 13.8. The number of thiazole rings is 1. The first-order valence-electron chi connectivity index (χ1n) is 12.1. The van der Waals surface area contributed by atoms with Gasteiger partial charge in [-0.05, 0) is 62.7 Å². The average molecular weight is 596 g/mol. The Hall–Kier alpha value is -3.93. The quantitative estimate of drug-likeness (QED) is 0.157. The second-order valence-corrected chi connectivity index (χ2v) is 11.6. The Morgan fingerprint density at radius 2 is 1.98 bits per heavy atom. The monoisotopic (exact) mass is 595 g/mol. The lowest BCUT2D eigenvalue weighted by molar-refractivity contribution is -0.384. The van der Waals surface area contributed by atoms with Gasteiger partial charge in [0.2, 0.25) is 0 Å². The van der Waals surface area contributed by atoms with E-state index in [0.717, 1.165) is 16.2 Å². The van der Waals surface area contributed by atoms with Crippen LogP contribution >= 0.6 is 34.7 Å². The minimum absolute atomic E-state index is 0.146. The molecule has 4 aromatic rings. The third-order valence-corrected chi connectivity index (χ3v) is 8.05. The van der Waals surface area contributed by atoms with Crippen LogP contribution in [0.5, 0.6) is 0 Å². The summed E-state index contributed by atoms with van der Waals surface area (Å²) in [7, 11) is 0. The number of carbonyl (C=O) groups is 1. The number of ether oxygens (including phenoxy) is 1. The normalized spacial score (nSPS) is 15.2. The van der Waals surface area contributed by atoms with E-state index in [0.29, 0.717) is 36.5 Å². The van der Waals surface area contributed by atoms with Crippen molar-refractivity contribution < 1.29 is 18.9 Å². The summed E-state index contributed by atoms with van der Waals surface area (Å²) in [4.78, 5) is 43.8. The van der Waals surface area contributed by atoms with Gasteiger partial charge in [0.1, 0.15) is 5.76 Å². The van der Waals surface area contributed by atoms with Gasteiger partial charge in [0.15, 0.2) is 9.89 Å². The number of fused-ring (bicyclic) bond motifs is 1. The molecule has 0 spiro atoms. The number of nitro benzene ring substituents is 1. The van der Waals surface area contributed by atoms with Crippen LogP contribution in [-0.2, 0) is 9.53 Å². The molecule has 0 saturated carbocycles. The summed E-state index contributed by atoms with van der Waals surface area (Å²) >= 11 is 8.51. The van der Waals surface area contributed by atoms with E-state index >= 15 is 0 Å². The van der Waals surface area contributed by atoms with Crippen molar-refractivity contribution in [3.63, 3.8) is 0 Å². The van der Waals surface area contributed by atoms with E-state index in [-0.39, 0.29) is 11.3 Å². The second-order valence-electron chi connectivity index (χ2n) is 9.10. The van der Waals surface area contributed by atoms with E-state index in [9.17, 15) is 19.7 Å². The SMILES string of the molecule is CC1=C(C(=O)OC(C)C)[C@H](c2cccc([N+](=O)[O-])c2)n2c(s/c(=C/c3ccc(Sc4ccc(Cl)cc4)o3)c2=O)=N1. The Balaban J connectivity index is 1.59. The van der Waals surface area contributed by atoms with Gasteiger partial charge in [-0.3, -0.25) is 19.5 Å². The van der Waals surface area contributed by atoms with Crippen molar-refractivity contribution in [3.8, 4) is 0 Å². The highest BCUT2D eigenvalue weighted by molar-refractivity contribution is 7.99. The third-order valence-electron chi connectivity index (χ3n) is 5.89. The molecule has 3 heterocycles. The molecule has 0 N–H and O–H groups in total. The van der Waals surface area contributed by atoms with Gasteiger partial charge < -0.3 is 9.15 Å². The number of allylic oxidation sites excluding steroid dienone is 1. The number of nitro groups is 1. The zero-order chi connectivity index (χ0) is 28.6. The maximum Gasteiger partial charge on any atom is 0.338 e. The van der Waals surface area contributed by atoms with E-state index in [1.807, 2.05) is 12.1 Å². The van der Waals surface area contributed by atoms with Crippen LogP contribution in [0.2, 0.25) is 5.02 Å². The largest absolute Gasteiger partial charge is 0.459 e. The maximum absolute atomic E-state index is 13.8. The number of hydrogen-bond donors (Lipinski definition) is 0. The van der Waals surface area contributed by atoms with E-state index in [2.05, 4.69) is 4.99 Å². The first kappa shape index (κ1) is 27.6. The number of non-ortho nitro benzene ring substituents is 1. The highest BCUT2D eigenvalue weighted by Gasteiger charge is 2.34. The van der Waals surface area contributed by atoms with Gasteiger partial charge in [-0.25, -0.2) is 9.79 Å². The van der Waals surface area contributed by atoms with Crippen molar-refractivity contribution in [2.75, 3.05) is 0 Å². The molecule has 5 rings (SSSR count). The fraction of sp³-hybridized carbons (Fsp3) is 0.179. The number of halogens is 1. The molecule has 12 heteroatoms. The van der Waals surface area contributed by atoms with Gasteiger partial charge >= 0.3 is 5.97 Å². The fourth-order valence-electron chi connectivity index (χ4n) is 4.20. The molecule has 40 heavy (non-hydrogen) atoms. The van der Waals surface area contributed by atoms with Crippen LogP contribution in [0, 0.1) is 10.1 Å². The van der Waals surface area contributed by atoms with Crippen LogP contribution in [0.3, 0.4) is 0 Å². The molecule has 204 valence electrons. The third kappa shape index (κ3) is 5.67. The molecule has 1 aliphatic heterocycles. The summed E-state index contributed by atoms with van der Waals surface area (Å²) < 4.78 is 13.1. The van der Waals surface area contributed by atoms with Crippen LogP contribution in [0.4, 0.5) is 5.69 Å². The van der Waals surface area contributed by atoms with Crippen molar-refractivity contribution >= 4 is 52.4 Å². The van der Waals surface area contributed by atoms with Crippen LogP contribution in [-0.4, -0.2) is 21.6 Å². The van der Waals surface area contributed by atoms with Crippen molar-refractivity contribution in [1.82, 2.24) is 4.57 Å². The Morgan fingerprint density at radius 3 is 2.67 bits per heavy atom. The molecule has 1 atom stereocenters. The van der Waals surface area contributed by atoms with Crippen LogP contribution in [0.1, 0.15) is 38.1 Å². The first-order chi connectivity index (χ1) is 19.1. The van der Waals surface area contributed by atoms with E-state index in [1.54, 1.807) is 57.2 Å². The summed E-state index contributed by atoms with van der Waals surface area (Å²) in [5.41, 5.74) is 0.340. The molecule has 2 aromatic heterocycles. The standard InChI is InChI=1S/C28H22ClN3O6S2/c1-15(2)37-27(34)24-16(3)30-28-31(25(24)17-5-4-6-19(13-17)32(35)36)26(33)22(40-28)14-20-9-12-23(38-20)39-21-10-7-18(29)8-11-21/h4-15,25H,1-3H3/b22-14+/t25-/m0/s1. The van der Waals surface area contributed by atoms with Gasteiger partial charge in [0.25, 0.3) is 11.2 Å². The summed E-state index contributed by atoms with van der Waals surface area (Å²) in [6.07, 6.45) is 1.20. The lowest BCUT2D eigenvalue weighted by Crippen LogP contribution is -2.40. The Labute approximate surface area is 241 Å². The highest BCUT2D eigenvalue weighted by atomic mass is 35.5. The predicted octanol–water partition coefficient (Wildman–Crippen LogP) is 5.49. The summed E-state index contributed by atoms with van der Waals surface area (Å²) in [6.45, 7) is 5.09. The van der Waals surface area contributed by atoms with Crippen molar-refractivity contribution in [2.45, 2.75) is 42.9 Å². The van der Waals surface area contributed by atoms with Crippen molar-refractivity contribution in [3.05, 3.63) is 118 Å². The van der Waals surface area contributed by atoms with Gasteiger partial charge in [-0.1, -0.05) is 46.8 Å². The Morgan fingerprint density at radius 1 is 1.23 bits per heavy atom. The molecule has 0 unspecified atom stereocenters. The molecule has 0 saturated heterocycles. The number of esters is 1. The smallest absolute Gasteiger partial charge is 0.338 e. The topological polar surface area (TPSA) is 117 Å². The fourth-order valence-corrected chi connectivity index (χ4v) is 6.13. The van der Waals surface area contributed by atoms with Crippen LogP contribution < -0.4 is 14.9 Å². The zero-order valence-corrected chi connectivity index (χ0v) is 23.9. The second kappa shape index (κ2) is 11.3. The molecular weight excluding hydrogens is 574 g/mol. The Bertz CT molecular complexity index is 1840. The predicted molar refractivity (Wildman–Crippen MR) is 152 cm³/mol. The zero-order valence-electron chi connectivity index (χ0n) is 21.5. The highest BCUT2D eigenvalue weighted by Crippen LogP contribution is 2.33. The number of rotatable bonds is 7. The molecular formula is C28H22ClN3O6S2. The molecule has 2 aromatic carbocycles.